The van der Waals surface area contributed by atoms with Crippen molar-refractivity contribution in [1.82, 2.24) is 0 Å². The van der Waals surface area contributed by atoms with Crippen molar-refractivity contribution >= 4 is 17.7 Å². The topological polar surface area (TPSA) is 80.3 Å². The minimum absolute atomic E-state index is 0.284. The smallest absolute Gasteiger partial charge is 0.362 e. The van der Waals surface area contributed by atoms with Crippen LogP contribution in [0.1, 0.15) is 40.0 Å². The van der Waals surface area contributed by atoms with Gasteiger partial charge in [0.1, 0.15) is 12.2 Å². The van der Waals surface area contributed by atoms with Crippen LogP contribution in [-0.2, 0) is 24.2 Å². The molecule has 0 bridgehead atoms. The van der Waals surface area contributed by atoms with E-state index in [9.17, 15) is 19.5 Å². The molecule has 0 saturated heterocycles. The molecule has 97 valence electrons. The molecule has 0 aromatic heterocycles. The molecule has 5 heteroatoms. The Hall–Kier alpha value is -1.65. The highest BCUT2D eigenvalue weighted by Gasteiger charge is 2.01. The molecular formula is C12H19O5. The number of hydrogen-bond donors (Lipinski definition) is 0. The molecule has 0 amide bonds. The van der Waals surface area contributed by atoms with E-state index in [1.165, 1.54) is 6.92 Å². The number of hydrogen-bond acceptors (Lipinski definition) is 4. The lowest BCUT2D eigenvalue weighted by Gasteiger charge is -2.01. The highest BCUT2D eigenvalue weighted by molar-refractivity contribution is 5.92. The van der Waals surface area contributed by atoms with E-state index in [2.05, 4.69) is 13.5 Å². The molecule has 5 nitrogen and oxygen atoms in total. The van der Waals surface area contributed by atoms with Crippen LogP contribution < -0.4 is 0 Å². The second-order valence-electron chi connectivity index (χ2n) is 3.52. The molecule has 1 radical (unpaired) electrons. The molecule has 0 aliphatic heterocycles. The number of Topliss-reactive ketones (excluding diaryl/α,β-unsaturated/α-hetero) is 1. The fourth-order valence-corrected chi connectivity index (χ4v) is 0.636. The highest BCUT2D eigenvalue weighted by Crippen LogP contribution is 1.94. The molecule has 0 aliphatic carbocycles. The van der Waals surface area contributed by atoms with Gasteiger partial charge in [-0.3, -0.25) is 4.79 Å². The van der Waals surface area contributed by atoms with Crippen molar-refractivity contribution in [3.8, 4) is 0 Å². The molecule has 0 saturated carbocycles. The fraction of sp³-hybridized carbons (Fsp3) is 0.583. The Balaban J connectivity index is 0. The molecule has 0 spiro atoms. The summed E-state index contributed by atoms with van der Waals surface area (Å²) in [6, 6.07) is 0. The Morgan fingerprint density at radius 1 is 1.18 bits per heavy atom. The van der Waals surface area contributed by atoms with Crippen molar-refractivity contribution in [2.45, 2.75) is 40.0 Å². The molecule has 0 fully saturated rings. The largest absolute Gasteiger partial charge is 0.462 e. The average molecular weight is 243 g/mol. The predicted molar refractivity (Wildman–Crippen MR) is 61.7 cm³/mol. The van der Waals surface area contributed by atoms with Crippen molar-refractivity contribution in [2.24, 2.45) is 0 Å². The van der Waals surface area contributed by atoms with Gasteiger partial charge < -0.3 is 4.74 Å². The van der Waals surface area contributed by atoms with Crippen molar-refractivity contribution < 1.29 is 24.2 Å². The molecule has 0 heterocycles. The lowest BCUT2D eigenvalue weighted by Crippen LogP contribution is -2.05. The second kappa shape index (κ2) is 10.9. The number of esters is 1. The maximum Gasteiger partial charge on any atom is 0.362 e. The van der Waals surface area contributed by atoms with E-state index in [1.54, 1.807) is 6.92 Å². The van der Waals surface area contributed by atoms with Crippen molar-refractivity contribution in [2.75, 3.05) is 6.61 Å². The quantitative estimate of drug-likeness (QED) is 0.308. The first-order valence-corrected chi connectivity index (χ1v) is 5.33. The van der Waals surface area contributed by atoms with Gasteiger partial charge in [0.2, 0.25) is 0 Å². The van der Waals surface area contributed by atoms with Crippen LogP contribution in [0.2, 0.25) is 0 Å². The summed E-state index contributed by atoms with van der Waals surface area (Å²) in [5, 5.41) is 9.48. The van der Waals surface area contributed by atoms with Gasteiger partial charge in [-0.05, 0) is 20.3 Å². The van der Waals surface area contributed by atoms with Crippen molar-refractivity contribution in [3.63, 3.8) is 0 Å². The number of carbonyl (C=O) groups is 3. The second-order valence-corrected chi connectivity index (χ2v) is 3.52. The van der Waals surface area contributed by atoms with Gasteiger partial charge in [0.05, 0.1) is 6.61 Å². The van der Waals surface area contributed by atoms with Crippen LogP contribution in [0.4, 0.5) is 0 Å². The van der Waals surface area contributed by atoms with Gasteiger partial charge in [0, 0.05) is 5.57 Å². The average Bonchev–Trinajstić information content (AvgIpc) is 2.16. The third kappa shape index (κ3) is 17.0. The van der Waals surface area contributed by atoms with Crippen LogP contribution in [0.3, 0.4) is 0 Å². The highest BCUT2D eigenvalue weighted by atomic mass is 16.5. The predicted octanol–water partition coefficient (Wildman–Crippen LogP) is 1.83. The SMILES string of the molecule is C=C(C)C(=O)OCCCC.CC(=O)CC([O])=O. The van der Waals surface area contributed by atoms with Gasteiger partial charge >= 0.3 is 11.9 Å². The van der Waals surface area contributed by atoms with Crippen LogP contribution in [-0.4, -0.2) is 24.3 Å². The van der Waals surface area contributed by atoms with Crippen LogP contribution in [0.15, 0.2) is 12.2 Å². The van der Waals surface area contributed by atoms with Gasteiger partial charge in [0.15, 0.2) is 0 Å². The summed E-state index contributed by atoms with van der Waals surface area (Å²) in [5.74, 6) is -1.97. The van der Waals surface area contributed by atoms with Gasteiger partial charge in [-0.2, -0.15) is 0 Å². The molecule has 0 aromatic carbocycles. The number of ketones is 1. The number of unbranched alkanes of at least 4 members (excludes halogenated alkanes) is 1. The third-order valence-electron chi connectivity index (χ3n) is 1.47. The van der Waals surface area contributed by atoms with E-state index in [0.717, 1.165) is 12.8 Å². The van der Waals surface area contributed by atoms with Crippen LogP contribution in [0, 0.1) is 0 Å². The summed E-state index contributed by atoms with van der Waals surface area (Å²) in [6.45, 7) is 8.88. The minimum atomic E-state index is -1.31. The van der Waals surface area contributed by atoms with E-state index in [-0.39, 0.29) is 11.8 Å². The van der Waals surface area contributed by atoms with Crippen LogP contribution >= 0.6 is 0 Å². The lowest BCUT2D eigenvalue weighted by atomic mass is 10.3. The summed E-state index contributed by atoms with van der Waals surface area (Å²) >= 11 is 0. The van der Waals surface area contributed by atoms with E-state index >= 15 is 0 Å². The third-order valence-corrected chi connectivity index (χ3v) is 1.47. The van der Waals surface area contributed by atoms with E-state index < -0.39 is 12.4 Å². The molecule has 0 unspecified atom stereocenters. The van der Waals surface area contributed by atoms with Crippen molar-refractivity contribution in [3.05, 3.63) is 12.2 Å². The normalized spacial score (nSPS) is 8.65. The minimum Gasteiger partial charge on any atom is -0.462 e. The van der Waals surface area contributed by atoms with E-state index in [4.69, 9.17) is 4.74 Å². The van der Waals surface area contributed by atoms with Gasteiger partial charge in [-0.15, -0.1) is 0 Å². The number of carbonyl (C=O) groups excluding carboxylic acids is 3. The van der Waals surface area contributed by atoms with Crippen molar-refractivity contribution in [1.29, 1.82) is 0 Å². The summed E-state index contributed by atoms with van der Waals surface area (Å²) < 4.78 is 4.81. The van der Waals surface area contributed by atoms with Crippen LogP contribution in [0.5, 0.6) is 0 Å². The maximum absolute atomic E-state index is 10.7. The first kappa shape index (κ1) is 17.7. The van der Waals surface area contributed by atoms with Gasteiger partial charge in [-0.25, -0.2) is 14.7 Å². The standard InChI is InChI=1S/C8H14O2.C4H5O3/c1-4-5-6-10-8(9)7(2)3;1-3(5)2-4(6)7/h2,4-6H2,1,3H3;2H2,1H3. The zero-order valence-corrected chi connectivity index (χ0v) is 10.6. The first-order chi connectivity index (χ1) is 7.81. The monoisotopic (exact) mass is 243 g/mol. The fourth-order valence-electron chi connectivity index (χ4n) is 0.636. The first-order valence-electron chi connectivity index (χ1n) is 5.33. The Kier molecular flexibility index (Phi) is 11.3. The van der Waals surface area contributed by atoms with Gasteiger partial charge in [0.25, 0.3) is 0 Å². The summed E-state index contributed by atoms with van der Waals surface area (Å²) in [5.41, 5.74) is 0.469. The number of ether oxygens (including phenoxy) is 1. The molecular weight excluding hydrogens is 224 g/mol. The zero-order valence-electron chi connectivity index (χ0n) is 10.6. The Bertz CT molecular complexity index is 269. The summed E-state index contributed by atoms with van der Waals surface area (Å²) in [4.78, 5) is 30.0. The van der Waals surface area contributed by atoms with Crippen LogP contribution in [0.25, 0.3) is 0 Å². The lowest BCUT2D eigenvalue weighted by molar-refractivity contribution is -0.145. The summed E-state index contributed by atoms with van der Waals surface area (Å²) in [6.07, 6.45) is 1.50. The Labute approximate surface area is 101 Å². The molecule has 0 aliphatic rings. The Morgan fingerprint density at radius 3 is 1.94 bits per heavy atom. The summed E-state index contributed by atoms with van der Waals surface area (Å²) in [7, 11) is 0. The zero-order chi connectivity index (χ0) is 13.8. The maximum atomic E-state index is 10.7. The molecule has 0 N–H and O–H groups in total. The van der Waals surface area contributed by atoms with Gasteiger partial charge in [-0.1, -0.05) is 19.9 Å². The Morgan fingerprint density at radius 2 is 1.71 bits per heavy atom. The van der Waals surface area contributed by atoms with E-state index in [1.807, 2.05) is 0 Å². The molecule has 0 atom stereocenters. The molecule has 0 aromatic rings. The number of rotatable bonds is 6. The molecule has 0 rings (SSSR count). The molecule has 17 heavy (non-hydrogen) atoms. The van der Waals surface area contributed by atoms with E-state index in [0.29, 0.717) is 12.2 Å².